The van der Waals surface area contributed by atoms with E-state index in [4.69, 9.17) is 0 Å². The van der Waals surface area contributed by atoms with E-state index < -0.39 is 0 Å². The highest BCUT2D eigenvalue weighted by molar-refractivity contribution is 9.10. The Hall–Kier alpha value is -0.780. The van der Waals surface area contributed by atoms with Gasteiger partial charge in [-0.05, 0) is 68.2 Å². The molecule has 0 fully saturated rings. The van der Waals surface area contributed by atoms with Crippen LogP contribution >= 0.6 is 31.9 Å². The Kier molecular flexibility index (Phi) is 5.69. The van der Waals surface area contributed by atoms with Crippen LogP contribution in [0.3, 0.4) is 0 Å². The molecule has 20 heavy (non-hydrogen) atoms. The van der Waals surface area contributed by atoms with Crippen LogP contribution < -0.4 is 5.32 Å². The van der Waals surface area contributed by atoms with Crippen molar-refractivity contribution in [3.05, 3.63) is 62.5 Å². The van der Waals surface area contributed by atoms with Crippen molar-refractivity contribution < 1.29 is 4.39 Å². The third kappa shape index (κ3) is 4.11. The number of aromatic nitrogens is 1. The van der Waals surface area contributed by atoms with Gasteiger partial charge in [0.2, 0.25) is 0 Å². The predicted octanol–water partition coefficient (Wildman–Crippen LogP) is 4.64. The summed E-state index contributed by atoms with van der Waals surface area (Å²) >= 11 is 6.61. The van der Waals surface area contributed by atoms with E-state index in [0.29, 0.717) is 4.47 Å². The monoisotopic (exact) mass is 400 g/mol. The van der Waals surface area contributed by atoms with Crippen molar-refractivity contribution in [3.63, 3.8) is 0 Å². The molecule has 0 saturated heterocycles. The van der Waals surface area contributed by atoms with E-state index >= 15 is 0 Å². The van der Waals surface area contributed by atoms with E-state index in [0.717, 1.165) is 28.7 Å². The van der Waals surface area contributed by atoms with Crippen LogP contribution in [0.5, 0.6) is 0 Å². The second-order valence-electron chi connectivity index (χ2n) is 4.46. The van der Waals surface area contributed by atoms with Gasteiger partial charge < -0.3 is 5.32 Å². The van der Waals surface area contributed by atoms with Crippen molar-refractivity contribution >= 4 is 31.9 Å². The summed E-state index contributed by atoms with van der Waals surface area (Å²) in [7, 11) is 0. The molecule has 1 unspecified atom stereocenters. The molecule has 2 nitrogen and oxygen atoms in total. The molecule has 106 valence electrons. The molecule has 1 N–H and O–H groups in total. The van der Waals surface area contributed by atoms with Gasteiger partial charge in [-0.25, -0.2) is 4.39 Å². The Morgan fingerprint density at radius 2 is 2.05 bits per heavy atom. The quantitative estimate of drug-likeness (QED) is 0.789. The Labute approximate surface area is 135 Å². The van der Waals surface area contributed by atoms with Crippen LogP contribution in [0.4, 0.5) is 4.39 Å². The van der Waals surface area contributed by atoms with E-state index in [2.05, 4.69) is 49.1 Å². The number of nitrogens with zero attached hydrogens (tertiary/aromatic N) is 1. The first-order valence-electron chi connectivity index (χ1n) is 6.39. The summed E-state index contributed by atoms with van der Waals surface area (Å²) in [4.78, 5) is 4.39. The van der Waals surface area contributed by atoms with Crippen molar-refractivity contribution in [2.24, 2.45) is 0 Å². The minimum absolute atomic E-state index is 0.116. The molecule has 1 atom stereocenters. The minimum Gasteiger partial charge on any atom is -0.310 e. The summed E-state index contributed by atoms with van der Waals surface area (Å²) in [5, 5.41) is 3.41. The first-order valence-corrected chi connectivity index (χ1v) is 7.97. The average Bonchev–Trinajstić information content (AvgIpc) is 2.44. The molecule has 2 aromatic rings. The second kappa shape index (κ2) is 7.29. The zero-order valence-corrected chi connectivity index (χ0v) is 14.2. The largest absolute Gasteiger partial charge is 0.310 e. The Bertz CT molecular complexity index is 573. The Balaban J connectivity index is 2.21. The Morgan fingerprint density at radius 3 is 2.65 bits per heavy atom. The number of pyridine rings is 1. The van der Waals surface area contributed by atoms with Crippen LogP contribution in [-0.2, 0) is 6.42 Å². The standard InChI is InChI=1S/C15H15Br2FN2/c1-2-19-15(8-12-5-4-11(16)9-20-12)10-3-6-14(18)13(17)7-10/h3-7,9,15,19H,2,8H2,1H3. The summed E-state index contributed by atoms with van der Waals surface area (Å²) in [6, 6.07) is 9.21. The van der Waals surface area contributed by atoms with Crippen LogP contribution in [0.25, 0.3) is 0 Å². The van der Waals surface area contributed by atoms with Crippen molar-refractivity contribution in [2.75, 3.05) is 6.54 Å². The molecule has 0 saturated carbocycles. The summed E-state index contributed by atoms with van der Waals surface area (Å²) < 4.78 is 14.8. The fourth-order valence-electron chi connectivity index (χ4n) is 2.02. The van der Waals surface area contributed by atoms with Crippen molar-refractivity contribution in [1.82, 2.24) is 10.3 Å². The smallest absolute Gasteiger partial charge is 0.137 e. The number of hydrogen-bond donors (Lipinski definition) is 1. The van der Waals surface area contributed by atoms with Gasteiger partial charge >= 0.3 is 0 Å². The fourth-order valence-corrected chi connectivity index (χ4v) is 2.65. The predicted molar refractivity (Wildman–Crippen MR) is 86.2 cm³/mol. The molecule has 5 heteroatoms. The SMILES string of the molecule is CCNC(Cc1ccc(Br)cn1)c1ccc(F)c(Br)c1. The van der Waals surface area contributed by atoms with Gasteiger partial charge in [0.1, 0.15) is 5.82 Å². The third-order valence-corrected chi connectivity index (χ3v) is 4.08. The molecule has 0 aliphatic carbocycles. The van der Waals surface area contributed by atoms with Gasteiger partial charge in [-0.3, -0.25) is 4.98 Å². The van der Waals surface area contributed by atoms with E-state index in [-0.39, 0.29) is 11.9 Å². The molecule has 2 rings (SSSR count). The summed E-state index contributed by atoms with van der Waals surface area (Å²) in [5.41, 5.74) is 2.05. The lowest BCUT2D eigenvalue weighted by Crippen LogP contribution is -2.23. The number of hydrogen-bond acceptors (Lipinski definition) is 2. The highest BCUT2D eigenvalue weighted by atomic mass is 79.9. The molecule has 1 aromatic heterocycles. The van der Waals surface area contributed by atoms with Crippen LogP contribution in [0.2, 0.25) is 0 Å². The molecule has 0 radical (unpaired) electrons. The van der Waals surface area contributed by atoms with E-state index in [9.17, 15) is 4.39 Å². The number of nitrogens with one attached hydrogen (secondary N) is 1. The molecule has 0 amide bonds. The van der Waals surface area contributed by atoms with Gasteiger partial charge in [0, 0.05) is 28.8 Å². The fraction of sp³-hybridized carbons (Fsp3) is 0.267. The highest BCUT2D eigenvalue weighted by Gasteiger charge is 2.13. The second-order valence-corrected chi connectivity index (χ2v) is 6.23. The topological polar surface area (TPSA) is 24.9 Å². The molecule has 1 aromatic carbocycles. The van der Waals surface area contributed by atoms with Gasteiger partial charge in [-0.2, -0.15) is 0 Å². The van der Waals surface area contributed by atoms with Crippen molar-refractivity contribution in [2.45, 2.75) is 19.4 Å². The van der Waals surface area contributed by atoms with Crippen LogP contribution in [0.15, 0.2) is 45.5 Å². The average molecular weight is 402 g/mol. The van der Waals surface area contributed by atoms with Gasteiger partial charge in [-0.1, -0.05) is 13.0 Å². The maximum Gasteiger partial charge on any atom is 0.137 e. The van der Waals surface area contributed by atoms with Gasteiger partial charge in [0.15, 0.2) is 0 Å². The summed E-state index contributed by atoms with van der Waals surface area (Å²) in [5.74, 6) is -0.245. The van der Waals surface area contributed by atoms with E-state index in [1.165, 1.54) is 6.07 Å². The molecule has 0 aliphatic heterocycles. The molecule has 0 aliphatic rings. The van der Waals surface area contributed by atoms with E-state index in [1.807, 2.05) is 24.3 Å². The first kappa shape index (κ1) is 15.6. The lowest BCUT2D eigenvalue weighted by Gasteiger charge is -2.18. The Morgan fingerprint density at radius 1 is 1.25 bits per heavy atom. The minimum atomic E-state index is -0.245. The number of rotatable bonds is 5. The summed E-state index contributed by atoms with van der Waals surface area (Å²) in [6.07, 6.45) is 2.55. The molecular formula is C15H15Br2FN2. The van der Waals surface area contributed by atoms with Crippen molar-refractivity contribution in [3.8, 4) is 0 Å². The van der Waals surface area contributed by atoms with Crippen LogP contribution in [0, 0.1) is 5.82 Å². The summed E-state index contributed by atoms with van der Waals surface area (Å²) in [6.45, 7) is 2.90. The number of likely N-dealkylation sites (N-methyl/N-ethyl adjacent to an activating group) is 1. The zero-order chi connectivity index (χ0) is 14.5. The van der Waals surface area contributed by atoms with Gasteiger partial charge in [0.05, 0.1) is 4.47 Å². The van der Waals surface area contributed by atoms with E-state index in [1.54, 1.807) is 6.20 Å². The maximum absolute atomic E-state index is 13.3. The molecule has 1 heterocycles. The first-order chi connectivity index (χ1) is 9.60. The molecular weight excluding hydrogens is 387 g/mol. The molecule has 0 bridgehead atoms. The van der Waals surface area contributed by atoms with Crippen LogP contribution in [-0.4, -0.2) is 11.5 Å². The van der Waals surface area contributed by atoms with Gasteiger partial charge in [0.25, 0.3) is 0 Å². The zero-order valence-electron chi connectivity index (χ0n) is 11.0. The molecule has 0 spiro atoms. The van der Waals surface area contributed by atoms with Crippen LogP contribution in [0.1, 0.15) is 24.2 Å². The van der Waals surface area contributed by atoms with Crippen molar-refractivity contribution in [1.29, 1.82) is 0 Å². The highest BCUT2D eigenvalue weighted by Crippen LogP contribution is 2.24. The lowest BCUT2D eigenvalue weighted by atomic mass is 10.0. The normalized spacial score (nSPS) is 12.4. The maximum atomic E-state index is 13.3. The number of halogens is 3. The lowest BCUT2D eigenvalue weighted by molar-refractivity contribution is 0.541. The number of benzene rings is 1. The van der Waals surface area contributed by atoms with Gasteiger partial charge in [-0.15, -0.1) is 0 Å². The third-order valence-electron chi connectivity index (χ3n) is 3.00.